The van der Waals surface area contributed by atoms with Crippen molar-refractivity contribution < 1.29 is 4.74 Å². The molecule has 0 unspecified atom stereocenters. The summed E-state index contributed by atoms with van der Waals surface area (Å²) in [4.78, 5) is 7.92. The standard InChI is InChI=1S/C16H16N2OS/c1-11-5-3-4-6-12(11)10-20-16-17-14-8-7-13(19-2)9-15(14)18-16/h3-9H,10H2,1-2H3,(H,17,18). The topological polar surface area (TPSA) is 37.9 Å². The number of hydrogen-bond donors (Lipinski definition) is 1. The maximum absolute atomic E-state index is 5.22. The lowest BCUT2D eigenvalue weighted by atomic mass is 10.1. The number of imidazole rings is 1. The van der Waals surface area contributed by atoms with Gasteiger partial charge in [-0.1, -0.05) is 36.0 Å². The minimum absolute atomic E-state index is 0.844. The maximum Gasteiger partial charge on any atom is 0.166 e. The summed E-state index contributed by atoms with van der Waals surface area (Å²) in [6.45, 7) is 2.14. The molecule has 0 spiro atoms. The Hall–Kier alpha value is -1.94. The summed E-state index contributed by atoms with van der Waals surface area (Å²) < 4.78 is 5.22. The van der Waals surface area contributed by atoms with E-state index in [0.29, 0.717) is 0 Å². The van der Waals surface area contributed by atoms with Crippen molar-refractivity contribution in [2.45, 2.75) is 17.8 Å². The lowest BCUT2D eigenvalue weighted by Crippen LogP contribution is -1.85. The fraction of sp³-hybridized carbons (Fsp3) is 0.188. The van der Waals surface area contributed by atoms with Gasteiger partial charge in [-0.05, 0) is 30.2 Å². The predicted octanol–water partition coefficient (Wildman–Crippen LogP) is 4.17. The van der Waals surface area contributed by atoms with Gasteiger partial charge >= 0.3 is 0 Å². The molecule has 0 amide bonds. The van der Waals surface area contributed by atoms with Crippen molar-refractivity contribution in [2.75, 3.05) is 7.11 Å². The van der Waals surface area contributed by atoms with Crippen LogP contribution in [0.3, 0.4) is 0 Å². The first-order valence-corrected chi connectivity index (χ1v) is 7.46. The van der Waals surface area contributed by atoms with Crippen LogP contribution in [0.5, 0.6) is 5.75 Å². The number of fused-ring (bicyclic) bond motifs is 1. The number of aromatic amines is 1. The first kappa shape index (κ1) is 13.1. The summed E-state index contributed by atoms with van der Waals surface area (Å²) in [5.41, 5.74) is 4.64. The molecule has 2 aromatic carbocycles. The average Bonchev–Trinajstić information content (AvgIpc) is 2.88. The molecule has 3 rings (SSSR count). The van der Waals surface area contributed by atoms with Crippen LogP contribution in [0, 0.1) is 6.92 Å². The molecular formula is C16H16N2OS. The van der Waals surface area contributed by atoms with Crippen LogP contribution in [0.2, 0.25) is 0 Å². The van der Waals surface area contributed by atoms with E-state index in [1.54, 1.807) is 18.9 Å². The second-order valence-corrected chi connectivity index (χ2v) is 5.60. The fourth-order valence-electron chi connectivity index (χ4n) is 2.08. The normalized spacial score (nSPS) is 10.9. The summed E-state index contributed by atoms with van der Waals surface area (Å²) in [6.07, 6.45) is 0. The Morgan fingerprint density at radius 2 is 2.05 bits per heavy atom. The van der Waals surface area contributed by atoms with Gasteiger partial charge in [-0.2, -0.15) is 0 Å². The SMILES string of the molecule is COc1ccc2nc(SCc3ccccc3C)[nH]c2c1. The van der Waals surface area contributed by atoms with Crippen LogP contribution in [0.1, 0.15) is 11.1 Å². The molecule has 3 nitrogen and oxygen atoms in total. The van der Waals surface area contributed by atoms with Crippen molar-refractivity contribution in [3.63, 3.8) is 0 Å². The molecule has 102 valence electrons. The summed E-state index contributed by atoms with van der Waals surface area (Å²) in [6, 6.07) is 14.3. The van der Waals surface area contributed by atoms with Crippen molar-refractivity contribution in [3.05, 3.63) is 53.6 Å². The van der Waals surface area contributed by atoms with E-state index in [0.717, 1.165) is 27.7 Å². The van der Waals surface area contributed by atoms with E-state index < -0.39 is 0 Å². The molecule has 1 N–H and O–H groups in total. The Morgan fingerprint density at radius 1 is 1.20 bits per heavy atom. The van der Waals surface area contributed by atoms with E-state index >= 15 is 0 Å². The molecular weight excluding hydrogens is 268 g/mol. The van der Waals surface area contributed by atoms with E-state index in [4.69, 9.17) is 4.74 Å². The van der Waals surface area contributed by atoms with Gasteiger partial charge in [0, 0.05) is 11.8 Å². The molecule has 0 aliphatic carbocycles. The highest BCUT2D eigenvalue weighted by atomic mass is 32.2. The van der Waals surface area contributed by atoms with Gasteiger partial charge in [0.2, 0.25) is 0 Å². The zero-order chi connectivity index (χ0) is 13.9. The van der Waals surface area contributed by atoms with Crippen LogP contribution < -0.4 is 4.74 Å². The van der Waals surface area contributed by atoms with E-state index in [9.17, 15) is 0 Å². The van der Waals surface area contributed by atoms with Gasteiger partial charge in [-0.3, -0.25) is 0 Å². The molecule has 3 aromatic rings. The minimum atomic E-state index is 0.844. The third-order valence-corrected chi connectivity index (χ3v) is 4.22. The quantitative estimate of drug-likeness (QED) is 0.731. The monoisotopic (exact) mass is 284 g/mol. The Balaban J connectivity index is 1.79. The number of methoxy groups -OCH3 is 1. The molecule has 4 heteroatoms. The molecule has 0 aliphatic rings. The first-order chi connectivity index (χ1) is 9.76. The van der Waals surface area contributed by atoms with E-state index in [-0.39, 0.29) is 0 Å². The number of nitrogens with zero attached hydrogens (tertiary/aromatic N) is 1. The molecule has 0 aliphatic heterocycles. The number of aryl methyl sites for hydroxylation is 1. The highest BCUT2D eigenvalue weighted by Crippen LogP contribution is 2.26. The van der Waals surface area contributed by atoms with Crippen molar-refractivity contribution in [1.29, 1.82) is 0 Å². The summed E-state index contributed by atoms with van der Waals surface area (Å²) in [5.74, 6) is 1.76. The van der Waals surface area contributed by atoms with Gasteiger partial charge in [-0.15, -0.1) is 0 Å². The smallest absolute Gasteiger partial charge is 0.166 e. The molecule has 0 fully saturated rings. The lowest BCUT2D eigenvalue weighted by Gasteiger charge is -2.02. The molecule has 0 saturated carbocycles. The van der Waals surface area contributed by atoms with Gasteiger partial charge in [-0.25, -0.2) is 4.98 Å². The van der Waals surface area contributed by atoms with Crippen LogP contribution in [-0.4, -0.2) is 17.1 Å². The molecule has 20 heavy (non-hydrogen) atoms. The first-order valence-electron chi connectivity index (χ1n) is 6.47. The second kappa shape index (κ2) is 5.59. The van der Waals surface area contributed by atoms with Crippen molar-refractivity contribution in [1.82, 2.24) is 9.97 Å². The zero-order valence-corrected chi connectivity index (χ0v) is 12.3. The van der Waals surface area contributed by atoms with Crippen LogP contribution in [0.25, 0.3) is 11.0 Å². The van der Waals surface area contributed by atoms with Gasteiger partial charge < -0.3 is 9.72 Å². The van der Waals surface area contributed by atoms with Crippen molar-refractivity contribution >= 4 is 22.8 Å². The van der Waals surface area contributed by atoms with E-state index in [1.807, 2.05) is 18.2 Å². The third-order valence-electron chi connectivity index (χ3n) is 3.29. The Kier molecular flexibility index (Phi) is 3.65. The highest BCUT2D eigenvalue weighted by molar-refractivity contribution is 7.98. The average molecular weight is 284 g/mol. The van der Waals surface area contributed by atoms with Gasteiger partial charge in [0.1, 0.15) is 5.75 Å². The van der Waals surface area contributed by atoms with E-state index in [1.165, 1.54) is 11.1 Å². The van der Waals surface area contributed by atoms with Crippen molar-refractivity contribution in [3.8, 4) is 5.75 Å². The highest BCUT2D eigenvalue weighted by Gasteiger charge is 2.05. The maximum atomic E-state index is 5.22. The predicted molar refractivity (Wildman–Crippen MR) is 83.4 cm³/mol. The van der Waals surface area contributed by atoms with Crippen molar-refractivity contribution in [2.24, 2.45) is 0 Å². The molecule has 0 saturated heterocycles. The number of nitrogens with one attached hydrogen (secondary N) is 1. The fourth-order valence-corrected chi connectivity index (χ4v) is 3.04. The number of thioether (sulfide) groups is 1. The van der Waals surface area contributed by atoms with Gasteiger partial charge in [0.05, 0.1) is 18.1 Å². The minimum Gasteiger partial charge on any atom is -0.497 e. The summed E-state index contributed by atoms with van der Waals surface area (Å²) in [7, 11) is 1.67. The molecule has 1 aromatic heterocycles. The Morgan fingerprint density at radius 3 is 2.85 bits per heavy atom. The van der Waals surface area contributed by atoms with Crippen LogP contribution in [0.15, 0.2) is 47.6 Å². The Labute approximate surface area is 122 Å². The number of rotatable bonds is 4. The third kappa shape index (κ3) is 2.65. The molecule has 0 radical (unpaired) electrons. The van der Waals surface area contributed by atoms with Crippen LogP contribution in [0.4, 0.5) is 0 Å². The zero-order valence-electron chi connectivity index (χ0n) is 11.5. The second-order valence-electron chi connectivity index (χ2n) is 4.64. The van der Waals surface area contributed by atoms with Gasteiger partial charge in [0.15, 0.2) is 5.16 Å². The largest absolute Gasteiger partial charge is 0.497 e. The van der Waals surface area contributed by atoms with Crippen LogP contribution >= 0.6 is 11.8 Å². The lowest BCUT2D eigenvalue weighted by molar-refractivity contribution is 0.415. The summed E-state index contributed by atoms with van der Waals surface area (Å²) >= 11 is 1.72. The Bertz CT molecular complexity index is 736. The van der Waals surface area contributed by atoms with Gasteiger partial charge in [0.25, 0.3) is 0 Å². The van der Waals surface area contributed by atoms with E-state index in [2.05, 4.69) is 41.2 Å². The molecule has 0 bridgehead atoms. The number of H-pyrrole nitrogens is 1. The van der Waals surface area contributed by atoms with Crippen LogP contribution in [-0.2, 0) is 5.75 Å². The number of benzene rings is 2. The number of aromatic nitrogens is 2. The number of ether oxygens (including phenoxy) is 1. The molecule has 1 heterocycles. The molecule has 0 atom stereocenters. The summed E-state index contributed by atoms with van der Waals surface area (Å²) in [5, 5.41) is 0.941. The number of hydrogen-bond acceptors (Lipinski definition) is 3.